The summed E-state index contributed by atoms with van der Waals surface area (Å²) in [5.74, 6) is -3.33. The van der Waals surface area contributed by atoms with Crippen LogP contribution in [0.2, 0.25) is 0 Å². The van der Waals surface area contributed by atoms with Crippen molar-refractivity contribution in [2.45, 2.75) is 34.1 Å². The van der Waals surface area contributed by atoms with Gasteiger partial charge in [0.15, 0.2) is 0 Å². The minimum absolute atomic E-state index is 0. The molecule has 11 heteroatoms. The van der Waals surface area contributed by atoms with Crippen LogP contribution in [0.3, 0.4) is 0 Å². The van der Waals surface area contributed by atoms with Gasteiger partial charge in [-0.25, -0.2) is 0 Å². The van der Waals surface area contributed by atoms with E-state index in [1.54, 1.807) is 6.54 Å². The van der Waals surface area contributed by atoms with E-state index in [-0.39, 0.29) is 17.1 Å². The van der Waals surface area contributed by atoms with Gasteiger partial charge in [0.1, 0.15) is 0 Å². The van der Waals surface area contributed by atoms with Crippen LogP contribution in [0.5, 0.6) is 0 Å². The van der Waals surface area contributed by atoms with E-state index < -0.39 is 23.9 Å². The first kappa shape index (κ1) is 37.0. The van der Waals surface area contributed by atoms with Gasteiger partial charge in [-0.2, -0.15) is 6.42 Å². The summed E-state index contributed by atoms with van der Waals surface area (Å²) in [5.41, 5.74) is 9.96. The number of hydrogen-bond donors (Lipinski definition) is 6. The monoisotopic (exact) mass is 369 g/mol. The average molecular weight is 369 g/mol. The summed E-state index contributed by atoms with van der Waals surface area (Å²) in [7, 11) is 0. The number of rotatable bonds is 2. The molecule has 0 aliphatic heterocycles. The molecular weight excluding hydrogens is 344 g/mol. The number of aliphatic carboxylic acids is 4. The van der Waals surface area contributed by atoms with Crippen molar-refractivity contribution in [2.75, 3.05) is 6.54 Å². The number of carboxylic acids is 4. The molecule has 0 heterocycles. The van der Waals surface area contributed by atoms with Gasteiger partial charge in [0.2, 0.25) is 0 Å². The Bertz CT molecular complexity index is 209. The quantitative estimate of drug-likeness (QED) is 0.280. The predicted molar refractivity (Wildman–Crippen MR) is 75.4 cm³/mol. The molecule has 8 N–H and O–H groups in total. The fourth-order valence-corrected chi connectivity index (χ4v) is 0.0962. The minimum atomic E-state index is -0.833. The molecule has 136 valence electrons. The molecule has 22 heavy (non-hydrogen) atoms. The van der Waals surface area contributed by atoms with Crippen LogP contribution >= 0.6 is 0 Å². The third-order valence-electron chi connectivity index (χ3n) is 0.333. The molecule has 0 rings (SSSR count). The van der Waals surface area contributed by atoms with Gasteiger partial charge in [0.05, 0.1) is 0 Å². The normalized spacial score (nSPS) is 6.45. The maximum atomic E-state index is 9.00. The largest absolute Gasteiger partial charge is 0.483 e. The van der Waals surface area contributed by atoms with Crippen molar-refractivity contribution >= 4 is 23.9 Å². The van der Waals surface area contributed by atoms with Gasteiger partial charge >= 0.3 is 0 Å². The first-order valence-electron chi connectivity index (χ1n) is 5.36. The van der Waals surface area contributed by atoms with Crippen molar-refractivity contribution in [3.8, 4) is 0 Å². The van der Waals surface area contributed by atoms with Crippen molar-refractivity contribution in [1.29, 1.82) is 0 Å². The van der Waals surface area contributed by atoms with Gasteiger partial charge in [-0.1, -0.05) is 0 Å². The standard InChI is InChI=1S/C3H9N2.4C2H4O2.Fe/c4-2-1-3-5;4*1-2(3)4;/h2H,1,3-5H2;4*1H3,(H,3,4);/q-1;;;;;. The molecule has 10 nitrogen and oxygen atoms in total. The van der Waals surface area contributed by atoms with Crippen LogP contribution in [0, 0.1) is 6.54 Å². The van der Waals surface area contributed by atoms with Crippen LogP contribution in [-0.2, 0) is 36.2 Å². The molecule has 0 saturated heterocycles. The fraction of sp³-hybridized carbons (Fsp3) is 0.545. The summed E-state index contributed by atoms with van der Waals surface area (Å²) >= 11 is 0. The first-order chi connectivity index (χ1) is 9.34. The van der Waals surface area contributed by atoms with Crippen LogP contribution < -0.4 is 11.5 Å². The van der Waals surface area contributed by atoms with Crippen molar-refractivity contribution in [3.05, 3.63) is 6.54 Å². The smallest absolute Gasteiger partial charge is 0.300 e. The van der Waals surface area contributed by atoms with Crippen LogP contribution in [-0.4, -0.2) is 50.8 Å². The predicted octanol–water partition coefficient (Wildman–Crippen LogP) is -0.183. The van der Waals surface area contributed by atoms with Crippen LogP contribution in [0.25, 0.3) is 0 Å². The average Bonchev–Trinajstić information content (AvgIpc) is 2.14. The van der Waals surface area contributed by atoms with Gasteiger partial charge in [-0.05, 0) is 6.54 Å². The zero-order valence-corrected chi connectivity index (χ0v) is 14.0. The van der Waals surface area contributed by atoms with E-state index in [0.717, 1.165) is 34.1 Å². The van der Waals surface area contributed by atoms with Gasteiger partial charge < -0.3 is 31.9 Å². The molecule has 0 aromatic heterocycles. The van der Waals surface area contributed by atoms with Gasteiger partial charge in [0.25, 0.3) is 23.9 Å². The fourth-order valence-electron chi connectivity index (χ4n) is 0.0962. The van der Waals surface area contributed by atoms with Crippen molar-refractivity contribution in [3.63, 3.8) is 0 Å². The second kappa shape index (κ2) is 36.5. The second-order valence-corrected chi connectivity index (χ2v) is 2.89. The third-order valence-corrected chi connectivity index (χ3v) is 0.333. The van der Waals surface area contributed by atoms with E-state index in [4.69, 9.17) is 51.1 Å². The summed E-state index contributed by atoms with van der Waals surface area (Å²) in [6.45, 7) is 6.55. The van der Waals surface area contributed by atoms with Gasteiger partial charge in [-0.15, -0.1) is 0 Å². The Morgan fingerprint density at radius 3 is 0.909 bits per heavy atom. The number of carbonyl (C=O) groups is 4. The minimum Gasteiger partial charge on any atom is -0.483 e. The molecule has 0 atom stereocenters. The Labute approximate surface area is 140 Å². The molecule has 0 unspecified atom stereocenters. The zero-order valence-electron chi connectivity index (χ0n) is 12.9. The molecule has 0 fully saturated rings. The number of carboxylic acid groups (broad SMARTS) is 4. The summed E-state index contributed by atoms with van der Waals surface area (Å²) in [5, 5.41) is 29.7. The van der Waals surface area contributed by atoms with E-state index in [1.165, 1.54) is 0 Å². The SMILES string of the molecule is CC(=O)O.CC(=O)O.CC(=O)O.CC(=O)O.N[CH-]CCN.[Fe]. The molecule has 0 spiro atoms. The Balaban J connectivity index is -0.0000000361. The van der Waals surface area contributed by atoms with Crippen molar-refractivity contribution < 1.29 is 56.7 Å². The molecular formula is C11H25FeN2O8-. The molecule has 0 aromatic rings. The molecule has 0 saturated carbocycles. The summed E-state index contributed by atoms with van der Waals surface area (Å²) in [4.78, 5) is 36.0. The Morgan fingerprint density at radius 1 is 0.773 bits per heavy atom. The Morgan fingerprint density at radius 2 is 0.909 bits per heavy atom. The van der Waals surface area contributed by atoms with Gasteiger partial charge in [0, 0.05) is 44.8 Å². The third kappa shape index (κ3) is 53800. The zero-order chi connectivity index (χ0) is 18.4. The molecule has 0 amide bonds. The van der Waals surface area contributed by atoms with Gasteiger partial charge in [-0.3, -0.25) is 25.7 Å². The molecule has 0 aliphatic carbocycles. The van der Waals surface area contributed by atoms with E-state index >= 15 is 0 Å². The summed E-state index contributed by atoms with van der Waals surface area (Å²) < 4.78 is 0. The van der Waals surface area contributed by atoms with E-state index in [2.05, 4.69) is 0 Å². The summed E-state index contributed by atoms with van der Waals surface area (Å²) in [6.07, 6.45) is 0.819. The van der Waals surface area contributed by atoms with Crippen LogP contribution in [0.4, 0.5) is 0 Å². The maximum absolute atomic E-state index is 9.00. The van der Waals surface area contributed by atoms with E-state index in [1.807, 2.05) is 0 Å². The second-order valence-electron chi connectivity index (χ2n) is 2.89. The van der Waals surface area contributed by atoms with Crippen molar-refractivity contribution in [2.24, 2.45) is 11.5 Å². The Hall–Kier alpha value is -1.68. The van der Waals surface area contributed by atoms with Crippen molar-refractivity contribution in [1.82, 2.24) is 0 Å². The Kier molecular flexibility index (Phi) is 61.4. The number of hydrogen-bond acceptors (Lipinski definition) is 6. The maximum Gasteiger partial charge on any atom is 0.300 e. The van der Waals surface area contributed by atoms with E-state index in [0.29, 0.717) is 6.54 Å². The molecule has 0 bridgehead atoms. The molecule has 0 aliphatic rings. The molecule has 0 aromatic carbocycles. The van der Waals surface area contributed by atoms with Crippen LogP contribution in [0.15, 0.2) is 0 Å². The van der Waals surface area contributed by atoms with E-state index in [9.17, 15) is 0 Å². The summed E-state index contributed by atoms with van der Waals surface area (Å²) in [6, 6.07) is 0. The molecule has 0 radical (unpaired) electrons. The number of nitrogens with two attached hydrogens (primary N) is 2. The van der Waals surface area contributed by atoms with Crippen LogP contribution in [0.1, 0.15) is 34.1 Å². The first-order valence-corrected chi connectivity index (χ1v) is 5.36. The topological polar surface area (TPSA) is 201 Å².